The summed E-state index contributed by atoms with van der Waals surface area (Å²) < 4.78 is 1.63. The zero-order valence-corrected chi connectivity index (χ0v) is 11.9. The van der Waals surface area contributed by atoms with Crippen molar-refractivity contribution in [2.75, 3.05) is 6.54 Å². The minimum Gasteiger partial charge on any atom is -0.392 e. The maximum atomic E-state index is 9.14. The fourth-order valence-corrected chi connectivity index (χ4v) is 1.83. The monoisotopic (exact) mass is 300 g/mol. The Morgan fingerprint density at radius 2 is 2.16 bits per heavy atom. The molecule has 2 rings (SSSR count). The lowest BCUT2D eigenvalue weighted by Gasteiger charge is -2.04. The van der Waals surface area contributed by atoms with Crippen LogP contribution in [-0.4, -0.2) is 32.7 Å². The van der Waals surface area contributed by atoms with Crippen molar-refractivity contribution in [2.24, 2.45) is 0 Å². The van der Waals surface area contributed by atoms with E-state index in [0.29, 0.717) is 23.1 Å². The SMILES string of the molecule is C[C@@H](O)CNCc1cn(-c2ccc(Cl)c(Cl)c2)nn1. The van der Waals surface area contributed by atoms with Crippen LogP contribution in [0.4, 0.5) is 0 Å². The predicted molar refractivity (Wildman–Crippen MR) is 74.8 cm³/mol. The van der Waals surface area contributed by atoms with E-state index in [2.05, 4.69) is 15.6 Å². The van der Waals surface area contributed by atoms with Gasteiger partial charge in [0.2, 0.25) is 0 Å². The first-order valence-electron chi connectivity index (χ1n) is 5.81. The summed E-state index contributed by atoms with van der Waals surface area (Å²) in [6.45, 7) is 2.78. The summed E-state index contributed by atoms with van der Waals surface area (Å²) in [5.41, 5.74) is 1.58. The molecule has 19 heavy (non-hydrogen) atoms. The van der Waals surface area contributed by atoms with E-state index in [0.717, 1.165) is 11.4 Å². The number of aliphatic hydroxyl groups excluding tert-OH is 1. The highest BCUT2D eigenvalue weighted by molar-refractivity contribution is 6.42. The van der Waals surface area contributed by atoms with Gasteiger partial charge in [-0.2, -0.15) is 0 Å². The van der Waals surface area contributed by atoms with Gasteiger partial charge in [-0.05, 0) is 25.1 Å². The van der Waals surface area contributed by atoms with Gasteiger partial charge < -0.3 is 10.4 Å². The van der Waals surface area contributed by atoms with Gasteiger partial charge in [0.05, 0.1) is 33.7 Å². The number of nitrogens with one attached hydrogen (secondary N) is 1. The molecule has 0 unspecified atom stereocenters. The van der Waals surface area contributed by atoms with Crippen molar-refractivity contribution < 1.29 is 5.11 Å². The van der Waals surface area contributed by atoms with Gasteiger partial charge in [0.25, 0.3) is 0 Å². The van der Waals surface area contributed by atoms with Crippen molar-refractivity contribution in [3.8, 4) is 5.69 Å². The van der Waals surface area contributed by atoms with Crippen LogP contribution in [-0.2, 0) is 6.54 Å². The minimum atomic E-state index is -0.384. The van der Waals surface area contributed by atoms with Crippen LogP contribution in [0, 0.1) is 0 Å². The Morgan fingerprint density at radius 1 is 1.37 bits per heavy atom. The molecule has 0 aliphatic rings. The van der Waals surface area contributed by atoms with E-state index in [9.17, 15) is 0 Å². The van der Waals surface area contributed by atoms with E-state index in [1.54, 1.807) is 29.9 Å². The summed E-state index contributed by atoms with van der Waals surface area (Å²) in [6, 6.07) is 5.26. The van der Waals surface area contributed by atoms with Crippen molar-refractivity contribution in [1.82, 2.24) is 20.3 Å². The van der Waals surface area contributed by atoms with E-state index in [-0.39, 0.29) is 6.10 Å². The lowest BCUT2D eigenvalue weighted by atomic mass is 10.3. The third-order valence-electron chi connectivity index (χ3n) is 2.45. The van der Waals surface area contributed by atoms with Gasteiger partial charge in [0, 0.05) is 13.1 Å². The largest absolute Gasteiger partial charge is 0.392 e. The molecule has 0 radical (unpaired) electrons. The third-order valence-corrected chi connectivity index (χ3v) is 3.19. The van der Waals surface area contributed by atoms with Crippen LogP contribution in [0.15, 0.2) is 24.4 Å². The van der Waals surface area contributed by atoms with Crippen molar-refractivity contribution in [3.05, 3.63) is 40.1 Å². The van der Waals surface area contributed by atoms with Crippen molar-refractivity contribution in [1.29, 1.82) is 0 Å². The average molecular weight is 301 g/mol. The molecule has 0 saturated carbocycles. The summed E-state index contributed by atoms with van der Waals surface area (Å²) in [6.07, 6.45) is 1.42. The highest BCUT2D eigenvalue weighted by Crippen LogP contribution is 2.24. The van der Waals surface area contributed by atoms with Gasteiger partial charge in [-0.15, -0.1) is 5.10 Å². The van der Waals surface area contributed by atoms with E-state index in [4.69, 9.17) is 28.3 Å². The summed E-state index contributed by atoms with van der Waals surface area (Å²) >= 11 is 11.8. The molecule has 1 aromatic heterocycles. The molecule has 0 fully saturated rings. The molecule has 2 N–H and O–H groups in total. The van der Waals surface area contributed by atoms with Gasteiger partial charge in [-0.3, -0.25) is 0 Å². The van der Waals surface area contributed by atoms with E-state index < -0.39 is 0 Å². The van der Waals surface area contributed by atoms with Crippen LogP contribution in [0.25, 0.3) is 5.69 Å². The fraction of sp³-hybridized carbons (Fsp3) is 0.333. The maximum Gasteiger partial charge on any atom is 0.0969 e. The van der Waals surface area contributed by atoms with Gasteiger partial charge in [-0.25, -0.2) is 4.68 Å². The molecule has 0 amide bonds. The first-order chi connectivity index (χ1) is 9.06. The molecule has 7 heteroatoms. The Labute approximate surface area is 121 Å². The minimum absolute atomic E-state index is 0.384. The van der Waals surface area contributed by atoms with E-state index in [1.807, 2.05) is 6.07 Å². The Hall–Kier alpha value is -1.14. The molecule has 5 nitrogen and oxygen atoms in total. The Kier molecular flexibility index (Phi) is 4.76. The summed E-state index contributed by atoms with van der Waals surface area (Å²) in [4.78, 5) is 0. The quantitative estimate of drug-likeness (QED) is 0.887. The lowest BCUT2D eigenvalue weighted by Crippen LogP contribution is -2.23. The molecular weight excluding hydrogens is 287 g/mol. The highest BCUT2D eigenvalue weighted by Gasteiger charge is 2.05. The van der Waals surface area contributed by atoms with Crippen molar-refractivity contribution >= 4 is 23.2 Å². The van der Waals surface area contributed by atoms with Crippen molar-refractivity contribution in [3.63, 3.8) is 0 Å². The Balaban J connectivity index is 2.05. The zero-order chi connectivity index (χ0) is 13.8. The first-order valence-corrected chi connectivity index (χ1v) is 6.57. The normalized spacial score (nSPS) is 12.6. The topological polar surface area (TPSA) is 63.0 Å². The van der Waals surface area contributed by atoms with Crippen LogP contribution in [0.5, 0.6) is 0 Å². The molecule has 2 aromatic rings. The van der Waals surface area contributed by atoms with Gasteiger partial charge in [0.15, 0.2) is 0 Å². The molecular formula is C12H14Cl2N4O. The Bertz CT molecular complexity index is 556. The molecule has 1 atom stereocenters. The summed E-state index contributed by atoms with van der Waals surface area (Å²) in [5, 5.41) is 21.2. The zero-order valence-electron chi connectivity index (χ0n) is 10.3. The number of rotatable bonds is 5. The standard InChI is InChI=1S/C12H14Cl2N4O/c1-8(19)5-15-6-9-7-18(17-16-9)10-2-3-11(13)12(14)4-10/h2-4,7-8,15,19H,5-6H2,1H3/t8-/m1/s1. The van der Waals surface area contributed by atoms with Gasteiger partial charge >= 0.3 is 0 Å². The summed E-state index contributed by atoms with van der Waals surface area (Å²) in [5.74, 6) is 0. The molecule has 0 aliphatic heterocycles. The molecule has 0 bridgehead atoms. The first kappa shape index (κ1) is 14.3. The van der Waals surface area contributed by atoms with Crippen LogP contribution >= 0.6 is 23.2 Å². The van der Waals surface area contributed by atoms with Crippen molar-refractivity contribution in [2.45, 2.75) is 19.6 Å². The van der Waals surface area contributed by atoms with E-state index in [1.165, 1.54) is 0 Å². The number of hydrogen-bond acceptors (Lipinski definition) is 4. The number of benzene rings is 1. The van der Waals surface area contributed by atoms with Crippen LogP contribution in [0.2, 0.25) is 10.0 Å². The number of halogens is 2. The van der Waals surface area contributed by atoms with Crippen LogP contribution < -0.4 is 5.32 Å². The number of hydrogen-bond donors (Lipinski definition) is 2. The second kappa shape index (κ2) is 6.34. The molecule has 0 aliphatic carbocycles. The van der Waals surface area contributed by atoms with Gasteiger partial charge in [0.1, 0.15) is 0 Å². The number of nitrogens with zero attached hydrogens (tertiary/aromatic N) is 3. The maximum absolute atomic E-state index is 9.14. The van der Waals surface area contributed by atoms with Crippen LogP contribution in [0.3, 0.4) is 0 Å². The number of aromatic nitrogens is 3. The average Bonchev–Trinajstić information content (AvgIpc) is 2.81. The second-order valence-corrected chi connectivity index (χ2v) is 5.05. The Morgan fingerprint density at radius 3 is 2.84 bits per heavy atom. The molecule has 0 saturated heterocycles. The summed E-state index contributed by atoms with van der Waals surface area (Å²) in [7, 11) is 0. The van der Waals surface area contributed by atoms with Gasteiger partial charge in [-0.1, -0.05) is 28.4 Å². The highest BCUT2D eigenvalue weighted by atomic mass is 35.5. The smallest absolute Gasteiger partial charge is 0.0969 e. The van der Waals surface area contributed by atoms with E-state index >= 15 is 0 Å². The molecule has 0 spiro atoms. The van der Waals surface area contributed by atoms with Crippen LogP contribution in [0.1, 0.15) is 12.6 Å². The third kappa shape index (κ3) is 3.91. The number of aliphatic hydroxyl groups is 1. The fourth-order valence-electron chi connectivity index (χ4n) is 1.54. The molecule has 102 valence electrons. The lowest BCUT2D eigenvalue weighted by molar-refractivity contribution is 0.191. The molecule has 1 heterocycles. The molecule has 1 aromatic carbocycles. The predicted octanol–water partition coefficient (Wildman–Crippen LogP) is 2.04. The second-order valence-electron chi connectivity index (χ2n) is 4.23.